The van der Waals surface area contributed by atoms with Crippen molar-refractivity contribution >= 4 is 5.91 Å². The van der Waals surface area contributed by atoms with Crippen molar-refractivity contribution in [2.45, 2.75) is 19.3 Å². The molecule has 1 saturated heterocycles. The van der Waals surface area contributed by atoms with Gasteiger partial charge in [-0.05, 0) is 18.6 Å². The van der Waals surface area contributed by atoms with Gasteiger partial charge in [0.05, 0.1) is 11.8 Å². The molecule has 0 unspecified atom stereocenters. The molecule has 2 aromatic rings. The Bertz CT molecular complexity index is 620. The number of halogens is 1. The number of aromatic nitrogens is 1. The quantitative estimate of drug-likeness (QED) is 0.861. The molecule has 0 saturated carbocycles. The summed E-state index contributed by atoms with van der Waals surface area (Å²) in [6, 6.07) is 6.39. The minimum absolute atomic E-state index is 0.127. The fourth-order valence-corrected chi connectivity index (χ4v) is 2.15. The number of hydrogen-bond acceptors (Lipinski definition) is 3. The summed E-state index contributed by atoms with van der Waals surface area (Å²) in [5.41, 5.74) is 0.389. The van der Waals surface area contributed by atoms with Crippen LogP contribution < -0.4 is 0 Å². The van der Waals surface area contributed by atoms with E-state index in [9.17, 15) is 9.18 Å². The summed E-state index contributed by atoms with van der Waals surface area (Å²) in [7, 11) is 0. The summed E-state index contributed by atoms with van der Waals surface area (Å²) in [5, 5.41) is 0. The van der Waals surface area contributed by atoms with Gasteiger partial charge in [0.1, 0.15) is 5.82 Å². The van der Waals surface area contributed by atoms with Crippen molar-refractivity contribution < 1.29 is 13.6 Å². The molecule has 20 heavy (non-hydrogen) atoms. The number of carbonyl (C=O) groups is 1. The van der Waals surface area contributed by atoms with E-state index in [4.69, 9.17) is 4.42 Å². The number of benzene rings is 1. The van der Waals surface area contributed by atoms with Gasteiger partial charge >= 0.3 is 0 Å². The molecular weight excluding hydrogens is 259 g/mol. The number of oxazole rings is 1. The lowest BCUT2D eigenvalue weighted by molar-refractivity contribution is -0.134. The van der Waals surface area contributed by atoms with Crippen LogP contribution in [0.25, 0.3) is 11.3 Å². The Morgan fingerprint density at radius 1 is 1.35 bits per heavy atom. The minimum atomic E-state index is -0.341. The average molecular weight is 274 g/mol. The Morgan fingerprint density at radius 3 is 2.85 bits per heavy atom. The minimum Gasteiger partial charge on any atom is -0.441 e. The largest absolute Gasteiger partial charge is 0.441 e. The van der Waals surface area contributed by atoms with Crippen molar-refractivity contribution in [3.05, 3.63) is 42.2 Å². The zero-order chi connectivity index (χ0) is 13.9. The summed E-state index contributed by atoms with van der Waals surface area (Å²) in [5.74, 6) is 0.653. The predicted octanol–water partition coefficient (Wildman–Crippen LogP) is 2.65. The maximum absolute atomic E-state index is 13.6. The zero-order valence-corrected chi connectivity index (χ0v) is 11.0. The van der Waals surface area contributed by atoms with Crippen molar-refractivity contribution in [1.82, 2.24) is 9.88 Å². The van der Waals surface area contributed by atoms with E-state index in [1.54, 1.807) is 18.2 Å². The van der Waals surface area contributed by atoms with Gasteiger partial charge in [0, 0.05) is 25.9 Å². The summed E-state index contributed by atoms with van der Waals surface area (Å²) >= 11 is 0. The summed E-state index contributed by atoms with van der Waals surface area (Å²) in [6.45, 7) is 1.70. The molecule has 1 aliphatic rings. The Labute approximate surface area is 116 Å². The number of aryl methyl sites for hydroxylation is 1. The topological polar surface area (TPSA) is 46.3 Å². The van der Waals surface area contributed by atoms with E-state index in [0.717, 1.165) is 19.5 Å². The molecule has 104 valence electrons. The van der Waals surface area contributed by atoms with Crippen LogP contribution in [-0.2, 0) is 11.2 Å². The van der Waals surface area contributed by atoms with Crippen LogP contribution in [0.1, 0.15) is 18.7 Å². The number of likely N-dealkylation sites (tertiary alicyclic amines) is 1. The molecule has 1 amide bonds. The van der Waals surface area contributed by atoms with Gasteiger partial charge in [-0.3, -0.25) is 4.79 Å². The number of carbonyl (C=O) groups excluding carboxylic acids is 1. The Morgan fingerprint density at radius 2 is 2.15 bits per heavy atom. The third-order valence-electron chi connectivity index (χ3n) is 3.45. The second-order valence-electron chi connectivity index (χ2n) is 4.83. The van der Waals surface area contributed by atoms with Crippen LogP contribution in [0.2, 0.25) is 0 Å². The molecule has 0 radical (unpaired) electrons. The fourth-order valence-electron chi connectivity index (χ4n) is 2.15. The van der Waals surface area contributed by atoms with E-state index >= 15 is 0 Å². The zero-order valence-electron chi connectivity index (χ0n) is 11.0. The predicted molar refractivity (Wildman–Crippen MR) is 71.4 cm³/mol. The number of rotatable bonds is 4. The van der Waals surface area contributed by atoms with Gasteiger partial charge in [-0.15, -0.1) is 0 Å². The number of hydrogen-bond donors (Lipinski definition) is 0. The van der Waals surface area contributed by atoms with E-state index in [0.29, 0.717) is 30.1 Å². The lowest BCUT2D eigenvalue weighted by Crippen LogP contribution is -2.42. The first-order valence-electron chi connectivity index (χ1n) is 6.71. The van der Waals surface area contributed by atoms with Gasteiger partial charge in [-0.2, -0.15) is 0 Å². The standard InChI is InChI=1S/C15H15FN2O2/c16-12-5-2-1-4-11(12)13-10-17-14(20-13)6-7-15(19)18-8-3-9-18/h1-2,4-5,10H,3,6-9H2. The highest BCUT2D eigenvalue weighted by Crippen LogP contribution is 2.23. The molecule has 4 nitrogen and oxygen atoms in total. The van der Waals surface area contributed by atoms with Gasteiger partial charge in [-0.1, -0.05) is 12.1 Å². The van der Waals surface area contributed by atoms with Crippen LogP contribution in [0.4, 0.5) is 4.39 Å². The molecule has 0 aliphatic carbocycles. The average Bonchev–Trinajstić information content (AvgIpc) is 2.83. The Balaban J connectivity index is 1.65. The highest BCUT2D eigenvalue weighted by molar-refractivity contribution is 5.77. The highest BCUT2D eigenvalue weighted by atomic mass is 19.1. The summed E-state index contributed by atoms with van der Waals surface area (Å²) in [6.07, 6.45) is 3.42. The van der Waals surface area contributed by atoms with Crippen LogP contribution >= 0.6 is 0 Å². The molecule has 0 spiro atoms. The molecule has 0 bridgehead atoms. The smallest absolute Gasteiger partial charge is 0.223 e. The molecule has 3 rings (SSSR count). The van der Waals surface area contributed by atoms with E-state index in [1.165, 1.54) is 12.3 Å². The first kappa shape index (κ1) is 12.8. The maximum atomic E-state index is 13.6. The normalized spacial score (nSPS) is 14.2. The van der Waals surface area contributed by atoms with Crippen LogP contribution in [0.5, 0.6) is 0 Å². The van der Waals surface area contributed by atoms with Crippen molar-refractivity contribution in [1.29, 1.82) is 0 Å². The summed E-state index contributed by atoms with van der Waals surface area (Å²) < 4.78 is 19.1. The molecule has 1 aromatic heterocycles. The third kappa shape index (κ3) is 2.57. The Kier molecular flexibility index (Phi) is 3.50. The molecule has 5 heteroatoms. The maximum Gasteiger partial charge on any atom is 0.223 e. The number of nitrogens with zero attached hydrogens (tertiary/aromatic N) is 2. The van der Waals surface area contributed by atoms with E-state index in [2.05, 4.69) is 4.98 Å². The molecular formula is C15H15FN2O2. The molecule has 0 atom stereocenters. The van der Waals surface area contributed by atoms with Gasteiger partial charge in [0.15, 0.2) is 11.7 Å². The lowest BCUT2D eigenvalue weighted by atomic mass is 10.2. The highest BCUT2D eigenvalue weighted by Gasteiger charge is 2.20. The van der Waals surface area contributed by atoms with E-state index < -0.39 is 0 Å². The van der Waals surface area contributed by atoms with E-state index in [-0.39, 0.29) is 11.7 Å². The fraction of sp³-hybridized carbons (Fsp3) is 0.333. The molecule has 1 aliphatic heterocycles. The van der Waals surface area contributed by atoms with Gasteiger partial charge in [0.2, 0.25) is 5.91 Å². The van der Waals surface area contributed by atoms with Crippen LogP contribution in [0.15, 0.2) is 34.9 Å². The van der Waals surface area contributed by atoms with Crippen LogP contribution in [0.3, 0.4) is 0 Å². The molecule has 2 heterocycles. The first-order chi connectivity index (χ1) is 9.74. The van der Waals surface area contributed by atoms with Crippen molar-refractivity contribution in [2.24, 2.45) is 0 Å². The number of amides is 1. The van der Waals surface area contributed by atoms with Crippen molar-refractivity contribution in [3.8, 4) is 11.3 Å². The van der Waals surface area contributed by atoms with Crippen LogP contribution in [-0.4, -0.2) is 28.9 Å². The second-order valence-corrected chi connectivity index (χ2v) is 4.83. The molecule has 0 N–H and O–H groups in total. The van der Waals surface area contributed by atoms with Gasteiger partial charge in [0.25, 0.3) is 0 Å². The molecule has 1 fully saturated rings. The Hall–Kier alpha value is -2.17. The summed E-state index contributed by atoms with van der Waals surface area (Å²) in [4.78, 5) is 17.7. The van der Waals surface area contributed by atoms with E-state index in [1.807, 2.05) is 4.90 Å². The van der Waals surface area contributed by atoms with Crippen molar-refractivity contribution in [2.75, 3.05) is 13.1 Å². The van der Waals surface area contributed by atoms with Crippen LogP contribution in [0, 0.1) is 5.82 Å². The monoisotopic (exact) mass is 274 g/mol. The SMILES string of the molecule is O=C(CCc1ncc(-c2ccccc2F)o1)N1CCC1. The molecule has 1 aromatic carbocycles. The first-order valence-corrected chi connectivity index (χ1v) is 6.71. The van der Waals surface area contributed by atoms with Gasteiger partial charge in [-0.25, -0.2) is 9.37 Å². The third-order valence-corrected chi connectivity index (χ3v) is 3.45. The second kappa shape index (κ2) is 5.45. The lowest BCUT2D eigenvalue weighted by Gasteiger charge is -2.30. The van der Waals surface area contributed by atoms with Crippen molar-refractivity contribution in [3.63, 3.8) is 0 Å². The van der Waals surface area contributed by atoms with Gasteiger partial charge < -0.3 is 9.32 Å².